The number of urea groups is 1. The zero-order valence-corrected chi connectivity index (χ0v) is 11.9. The van der Waals surface area contributed by atoms with Crippen LogP contribution in [0.25, 0.3) is 0 Å². The molecule has 0 atom stereocenters. The van der Waals surface area contributed by atoms with E-state index in [1.54, 1.807) is 35.9 Å². The van der Waals surface area contributed by atoms with Crippen molar-refractivity contribution in [2.45, 2.75) is 0 Å². The van der Waals surface area contributed by atoms with Gasteiger partial charge >= 0.3 is 6.03 Å². The SMILES string of the molecule is COCCOCC(=O)N1CCN(C(=O)N(C)C)CC1. The van der Waals surface area contributed by atoms with Gasteiger partial charge in [0.1, 0.15) is 6.61 Å². The van der Waals surface area contributed by atoms with E-state index in [0.29, 0.717) is 39.4 Å². The van der Waals surface area contributed by atoms with Crippen LogP contribution in [0.5, 0.6) is 0 Å². The lowest BCUT2D eigenvalue weighted by atomic mass is 10.3. The first-order chi connectivity index (χ1) is 9.06. The van der Waals surface area contributed by atoms with E-state index in [-0.39, 0.29) is 18.5 Å². The van der Waals surface area contributed by atoms with E-state index in [1.807, 2.05) is 0 Å². The molecule has 0 bridgehead atoms. The van der Waals surface area contributed by atoms with E-state index in [2.05, 4.69) is 0 Å². The first-order valence-electron chi connectivity index (χ1n) is 6.37. The highest BCUT2D eigenvalue weighted by molar-refractivity contribution is 5.78. The number of nitrogens with zero attached hydrogens (tertiary/aromatic N) is 3. The van der Waals surface area contributed by atoms with E-state index in [9.17, 15) is 9.59 Å². The van der Waals surface area contributed by atoms with Crippen molar-refractivity contribution in [1.29, 1.82) is 0 Å². The number of hydrogen-bond acceptors (Lipinski definition) is 4. The van der Waals surface area contributed by atoms with Crippen molar-refractivity contribution in [3.05, 3.63) is 0 Å². The van der Waals surface area contributed by atoms with Gasteiger partial charge in [0.2, 0.25) is 5.91 Å². The highest BCUT2D eigenvalue weighted by atomic mass is 16.5. The van der Waals surface area contributed by atoms with Crippen molar-refractivity contribution in [3.63, 3.8) is 0 Å². The summed E-state index contributed by atoms with van der Waals surface area (Å²) in [6.45, 7) is 3.24. The number of carbonyl (C=O) groups excluding carboxylic acids is 2. The summed E-state index contributed by atoms with van der Waals surface area (Å²) < 4.78 is 10.0. The Morgan fingerprint density at radius 2 is 1.63 bits per heavy atom. The fraction of sp³-hybridized carbons (Fsp3) is 0.833. The minimum Gasteiger partial charge on any atom is -0.382 e. The van der Waals surface area contributed by atoms with Gasteiger partial charge < -0.3 is 24.2 Å². The molecule has 0 aromatic rings. The second-order valence-corrected chi connectivity index (χ2v) is 4.59. The fourth-order valence-corrected chi connectivity index (χ4v) is 1.82. The van der Waals surface area contributed by atoms with Gasteiger partial charge in [0.05, 0.1) is 13.2 Å². The zero-order chi connectivity index (χ0) is 14.3. The third kappa shape index (κ3) is 5.04. The average molecular weight is 273 g/mol. The minimum absolute atomic E-state index is 0.0107. The number of ether oxygens (including phenoxy) is 2. The average Bonchev–Trinajstić information content (AvgIpc) is 2.42. The van der Waals surface area contributed by atoms with Gasteiger partial charge in [-0.15, -0.1) is 0 Å². The number of piperazine rings is 1. The standard InChI is InChI=1S/C12H23N3O4/c1-13(2)12(17)15-6-4-14(5-7-15)11(16)10-19-9-8-18-3/h4-10H2,1-3H3. The van der Waals surface area contributed by atoms with Crippen molar-refractivity contribution >= 4 is 11.9 Å². The highest BCUT2D eigenvalue weighted by Gasteiger charge is 2.24. The van der Waals surface area contributed by atoms with E-state index < -0.39 is 0 Å². The highest BCUT2D eigenvalue weighted by Crippen LogP contribution is 2.04. The summed E-state index contributed by atoms with van der Waals surface area (Å²) in [6.07, 6.45) is 0. The first-order valence-corrected chi connectivity index (χ1v) is 6.37. The second-order valence-electron chi connectivity index (χ2n) is 4.59. The molecule has 0 radical (unpaired) electrons. The van der Waals surface area contributed by atoms with Crippen LogP contribution in [0.3, 0.4) is 0 Å². The Morgan fingerprint density at radius 3 is 2.16 bits per heavy atom. The Labute approximate surface area is 114 Å². The molecule has 1 aliphatic rings. The van der Waals surface area contributed by atoms with Gasteiger partial charge in [-0.2, -0.15) is 0 Å². The Hall–Kier alpha value is -1.34. The smallest absolute Gasteiger partial charge is 0.319 e. The normalized spacial score (nSPS) is 15.5. The summed E-state index contributed by atoms with van der Waals surface area (Å²) in [4.78, 5) is 28.6. The van der Waals surface area contributed by atoms with E-state index in [0.717, 1.165) is 0 Å². The maximum absolute atomic E-state index is 11.8. The Morgan fingerprint density at radius 1 is 1.05 bits per heavy atom. The number of amides is 3. The zero-order valence-electron chi connectivity index (χ0n) is 11.9. The van der Waals surface area contributed by atoms with Gasteiger partial charge in [-0.25, -0.2) is 4.79 Å². The predicted molar refractivity (Wildman–Crippen MR) is 69.9 cm³/mol. The summed E-state index contributed by atoms with van der Waals surface area (Å²) in [5, 5.41) is 0. The molecule has 1 aliphatic heterocycles. The van der Waals surface area contributed by atoms with E-state index in [4.69, 9.17) is 9.47 Å². The molecule has 3 amide bonds. The molecule has 1 saturated heterocycles. The third-order valence-electron chi connectivity index (χ3n) is 2.94. The quantitative estimate of drug-likeness (QED) is 0.632. The van der Waals surface area contributed by atoms with Gasteiger partial charge in [-0.1, -0.05) is 0 Å². The Bertz CT molecular complexity index is 301. The summed E-state index contributed by atoms with van der Waals surface area (Å²) in [5.74, 6) is -0.0342. The molecule has 0 aromatic heterocycles. The molecule has 1 rings (SSSR count). The van der Waals surface area contributed by atoms with Crippen molar-refractivity contribution in [1.82, 2.24) is 14.7 Å². The number of hydrogen-bond donors (Lipinski definition) is 0. The molecule has 0 aromatic carbocycles. The fourth-order valence-electron chi connectivity index (χ4n) is 1.82. The summed E-state index contributed by atoms with van der Waals surface area (Å²) in [7, 11) is 5.04. The molecular weight excluding hydrogens is 250 g/mol. The molecule has 0 aliphatic carbocycles. The maximum atomic E-state index is 11.8. The number of carbonyl (C=O) groups is 2. The molecule has 0 N–H and O–H groups in total. The van der Waals surface area contributed by atoms with E-state index >= 15 is 0 Å². The predicted octanol–water partition coefficient (Wildman–Crippen LogP) is -0.525. The van der Waals surface area contributed by atoms with Crippen LogP contribution in [0.4, 0.5) is 4.79 Å². The van der Waals surface area contributed by atoms with Crippen LogP contribution in [-0.2, 0) is 14.3 Å². The number of methoxy groups -OCH3 is 1. The number of rotatable bonds is 5. The molecule has 110 valence electrons. The first kappa shape index (κ1) is 15.7. The summed E-state index contributed by atoms with van der Waals surface area (Å²) in [5.41, 5.74) is 0. The van der Waals surface area contributed by atoms with Crippen LogP contribution in [0.15, 0.2) is 0 Å². The summed E-state index contributed by atoms with van der Waals surface area (Å²) in [6, 6.07) is -0.0107. The van der Waals surface area contributed by atoms with Crippen molar-refractivity contribution in [2.24, 2.45) is 0 Å². The van der Waals surface area contributed by atoms with Gasteiger partial charge in [-0.3, -0.25) is 4.79 Å². The molecular formula is C12H23N3O4. The van der Waals surface area contributed by atoms with Crippen LogP contribution in [0.1, 0.15) is 0 Å². The molecule has 0 unspecified atom stereocenters. The molecule has 7 heteroatoms. The lowest BCUT2D eigenvalue weighted by Crippen LogP contribution is -2.53. The monoisotopic (exact) mass is 273 g/mol. The molecule has 1 heterocycles. The Balaban J connectivity index is 2.25. The van der Waals surface area contributed by atoms with Crippen LogP contribution in [0.2, 0.25) is 0 Å². The van der Waals surface area contributed by atoms with Crippen LogP contribution < -0.4 is 0 Å². The second kappa shape index (κ2) is 7.96. The summed E-state index contributed by atoms with van der Waals surface area (Å²) >= 11 is 0. The molecule has 0 spiro atoms. The van der Waals surface area contributed by atoms with Gasteiger partial charge in [0.15, 0.2) is 0 Å². The molecule has 7 nitrogen and oxygen atoms in total. The lowest BCUT2D eigenvalue weighted by Gasteiger charge is -2.35. The van der Waals surface area contributed by atoms with Crippen LogP contribution in [-0.4, -0.2) is 93.8 Å². The molecule has 0 saturated carbocycles. The van der Waals surface area contributed by atoms with Gasteiger partial charge in [0, 0.05) is 47.4 Å². The maximum Gasteiger partial charge on any atom is 0.319 e. The Kier molecular flexibility index (Phi) is 6.58. The molecule has 1 fully saturated rings. The van der Waals surface area contributed by atoms with Crippen LogP contribution >= 0.6 is 0 Å². The van der Waals surface area contributed by atoms with Crippen molar-refractivity contribution in [2.75, 3.05) is 67.2 Å². The van der Waals surface area contributed by atoms with Crippen LogP contribution in [0, 0.1) is 0 Å². The van der Waals surface area contributed by atoms with Gasteiger partial charge in [0.25, 0.3) is 0 Å². The lowest BCUT2D eigenvalue weighted by molar-refractivity contribution is -0.138. The third-order valence-corrected chi connectivity index (χ3v) is 2.94. The van der Waals surface area contributed by atoms with E-state index in [1.165, 1.54) is 0 Å². The van der Waals surface area contributed by atoms with Crippen molar-refractivity contribution < 1.29 is 19.1 Å². The molecule has 19 heavy (non-hydrogen) atoms. The van der Waals surface area contributed by atoms with Crippen molar-refractivity contribution in [3.8, 4) is 0 Å². The minimum atomic E-state index is -0.0342. The van der Waals surface area contributed by atoms with Gasteiger partial charge in [-0.05, 0) is 0 Å². The topological polar surface area (TPSA) is 62.3 Å². The largest absolute Gasteiger partial charge is 0.382 e.